The molecule has 19 heavy (non-hydrogen) atoms. The van der Waals surface area contributed by atoms with Gasteiger partial charge in [-0.05, 0) is 37.5 Å². The molecule has 1 heterocycles. The van der Waals surface area contributed by atoms with Crippen molar-refractivity contribution in [2.75, 3.05) is 31.1 Å². The van der Waals surface area contributed by atoms with Gasteiger partial charge in [0.2, 0.25) is 0 Å². The molecule has 1 aliphatic heterocycles. The van der Waals surface area contributed by atoms with Crippen molar-refractivity contribution in [2.24, 2.45) is 5.92 Å². The minimum atomic E-state index is -0.0663. The van der Waals surface area contributed by atoms with E-state index < -0.39 is 0 Å². The third-order valence-corrected chi connectivity index (χ3v) is 3.84. The Balaban J connectivity index is 1.81. The summed E-state index contributed by atoms with van der Waals surface area (Å²) in [5.41, 5.74) is 1.25. The fraction of sp³-hybridized carbons (Fsp3) is 0.500. The lowest BCUT2D eigenvalue weighted by atomic mass is 10.1. The van der Waals surface area contributed by atoms with Gasteiger partial charge in [0.05, 0.1) is 0 Å². The number of hydrogen-bond acceptors (Lipinski definition) is 2. The van der Waals surface area contributed by atoms with E-state index in [4.69, 9.17) is 0 Å². The molecular formula is C14H20BrN3O. The van der Waals surface area contributed by atoms with Crippen LogP contribution in [0.4, 0.5) is 10.5 Å². The molecule has 4 nitrogen and oxygen atoms in total. The Kier molecular flexibility index (Phi) is 5.07. The third-order valence-electron chi connectivity index (χ3n) is 3.35. The van der Waals surface area contributed by atoms with Crippen molar-refractivity contribution >= 4 is 27.6 Å². The lowest BCUT2D eigenvalue weighted by molar-refractivity contribution is 0.240. The maximum Gasteiger partial charge on any atom is 0.314 e. The summed E-state index contributed by atoms with van der Waals surface area (Å²) in [4.78, 5) is 13.7. The predicted octanol–water partition coefficient (Wildman–Crippen LogP) is 2.59. The molecule has 2 N–H and O–H groups in total. The monoisotopic (exact) mass is 325 g/mol. The van der Waals surface area contributed by atoms with E-state index in [1.807, 2.05) is 13.0 Å². The van der Waals surface area contributed by atoms with Crippen molar-refractivity contribution in [3.05, 3.63) is 28.7 Å². The van der Waals surface area contributed by atoms with Gasteiger partial charge in [0.25, 0.3) is 0 Å². The molecule has 0 unspecified atom stereocenters. The molecule has 0 bridgehead atoms. The first kappa shape index (κ1) is 14.2. The number of carbonyl (C=O) groups is 1. The van der Waals surface area contributed by atoms with Gasteiger partial charge in [0, 0.05) is 36.3 Å². The molecule has 0 spiro atoms. The molecule has 5 heteroatoms. The second kappa shape index (κ2) is 6.80. The first-order valence-corrected chi connectivity index (χ1v) is 7.50. The van der Waals surface area contributed by atoms with Gasteiger partial charge in [-0.3, -0.25) is 0 Å². The summed E-state index contributed by atoms with van der Waals surface area (Å²) < 4.78 is 1.11. The maximum atomic E-state index is 11.4. The Morgan fingerprint density at radius 2 is 2.32 bits per heavy atom. The molecule has 2 amide bonds. The van der Waals surface area contributed by atoms with Crippen molar-refractivity contribution < 1.29 is 4.79 Å². The average Bonchev–Trinajstić information content (AvgIpc) is 2.85. The third kappa shape index (κ3) is 4.13. The van der Waals surface area contributed by atoms with Crippen molar-refractivity contribution in [3.8, 4) is 0 Å². The highest BCUT2D eigenvalue weighted by Crippen LogP contribution is 2.25. The number of hydrogen-bond donors (Lipinski definition) is 2. The second-order valence-electron chi connectivity index (χ2n) is 4.82. The zero-order chi connectivity index (χ0) is 13.7. The Labute approximate surface area is 122 Å². The van der Waals surface area contributed by atoms with Crippen LogP contribution in [-0.2, 0) is 0 Å². The first-order valence-electron chi connectivity index (χ1n) is 6.71. The zero-order valence-corrected chi connectivity index (χ0v) is 12.7. The summed E-state index contributed by atoms with van der Waals surface area (Å²) in [6, 6.07) is 8.29. The van der Waals surface area contributed by atoms with Crippen LogP contribution < -0.4 is 15.5 Å². The van der Waals surface area contributed by atoms with E-state index in [9.17, 15) is 4.79 Å². The van der Waals surface area contributed by atoms with Crippen molar-refractivity contribution in [3.63, 3.8) is 0 Å². The lowest BCUT2D eigenvalue weighted by Gasteiger charge is -2.19. The Hall–Kier alpha value is -1.23. The molecule has 1 aliphatic rings. The normalized spacial score (nSPS) is 18.4. The van der Waals surface area contributed by atoms with Gasteiger partial charge in [0.1, 0.15) is 0 Å². The van der Waals surface area contributed by atoms with Crippen molar-refractivity contribution in [1.82, 2.24) is 10.6 Å². The minimum Gasteiger partial charge on any atom is -0.371 e. The van der Waals surface area contributed by atoms with Gasteiger partial charge < -0.3 is 15.5 Å². The molecule has 1 saturated heterocycles. The SMILES string of the molecule is CCNC(=O)NC[C@@H]1CCN(c2cccc(Br)c2)C1. The van der Waals surface area contributed by atoms with Crippen LogP contribution in [0.25, 0.3) is 0 Å². The van der Waals surface area contributed by atoms with E-state index in [-0.39, 0.29) is 6.03 Å². The van der Waals surface area contributed by atoms with E-state index in [0.29, 0.717) is 12.5 Å². The van der Waals surface area contributed by atoms with Gasteiger partial charge in [-0.25, -0.2) is 4.79 Å². The van der Waals surface area contributed by atoms with Crippen LogP contribution in [0.1, 0.15) is 13.3 Å². The van der Waals surface area contributed by atoms with Crippen LogP contribution in [0, 0.1) is 5.92 Å². The minimum absolute atomic E-state index is 0.0663. The number of nitrogens with one attached hydrogen (secondary N) is 2. The molecule has 0 saturated carbocycles. The Bertz CT molecular complexity index is 438. The summed E-state index contributed by atoms with van der Waals surface area (Å²) in [7, 11) is 0. The van der Waals surface area contributed by atoms with E-state index in [1.54, 1.807) is 0 Å². The summed E-state index contributed by atoms with van der Waals surface area (Å²) in [5, 5.41) is 5.67. The number of urea groups is 1. The van der Waals surface area contributed by atoms with E-state index in [1.165, 1.54) is 5.69 Å². The molecule has 1 atom stereocenters. The van der Waals surface area contributed by atoms with E-state index >= 15 is 0 Å². The molecule has 2 rings (SSSR count). The summed E-state index contributed by atoms with van der Waals surface area (Å²) in [5.74, 6) is 0.529. The fourth-order valence-electron chi connectivity index (χ4n) is 2.37. The molecule has 0 aliphatic carbocycles. The quantitative estimate of drug-likeness (QED) is 0.893. The standard InChI is InChI=1S/C14H20BrN3O/c1-2-16-14(19)17-9-11-6-7-18(10-11)13-5-3-4-12(15)8-13/h3-5,8,11H,2,6-7,9-10H2,1H3,(H2,16,17,19)/t11-/m0/s1. The molecule has 104 valence electrons. The van der Waals surface area contributed by atoms with Gasteiger partial charge in [-0.2, -0.15) is 0 Å². The molecule has 1 aromatic carbocycles. The van der Waals surface area contributed by atoms with Gasteiger partial charge in [-0.1, -0.05) is 22.0 Å². The topological polar surface area (TPSA) is 44.4 Å². The number of nitrogens with zero attached hydrogens (tertiary/aromatic N) is 1. The molecule has 1 aromatic rings. The molecule has 0 radical (unpaired) electrons. The fourth-order valence-corrected chi connectivity index (χ4v) is 2.75. The summed E-state index contributed by atoms with van der Waals surface area (Å²) in [6.45, 7) is 5.39. The number of benzene rings is 1. The highest BCUT2D eigenvalue weighted by atomic mass is 79.9. The van der Waals surface area contributed by atoms with Crippen LogP contribution in [0.3, 0.4) is 0 Å². The first-order chi connectivity index (χ1) is 9.19. The number of carbonyl (C=O) groups excluding carboxylic acids is 1. The van der Waals surface area contributed by atoms with Crippen LogP contribution in [0.2, 0.25) is 0 Å². The van der Waals surface area contributed by atoms with Gasteiger partial charge in [-0.15, -0.1) is 0 Å². The largest absolute Gasteiger partial charge is 0.371 e. The lowest BCUT2D eigenvalue weighted by Crippen LogP contribution is -2.38. The molecule has 0 aromatic heterocycles. The number of amides is 2. The van der Waals surface area contributed by atoms with Gasteiger partial charge >= 0.3 is 6.03 Å². The number of anilines is 1. The summed E-state index contributed by atoms with van der Waals surface area (Å²) >= 11 is 3.50. The van der Waals surface area contributed by atoms with E-state index in [2.05, 4.69) is 49.7 Å². The number of rotatable bonds is 4. The maximum absolute atomic E-state index is 11.4. The highest BCUT2D eigenvalue weighted by Gasteiger charge is 2.23. The van der Waals surface area contributed by atoms with Crippen molar-refractivity contribution in [1.29, 1.82) is 0 Å². The van der Waals surface area contributed by atoms with Crippen LogP contribution in [0.15, 0.2) is 28.7 Å². The zero-order valence-electron chi connectivity index (χ0n) is 11.2. The highest BCUT2D eigenvalue weighted by molar-refractivity contribution is 9.10. The molecular weight excluding hydrogens is 306 g/mol. The van der Waals surface area contributed by atoms with Crippen LogP contribution in [0.5, 0.6) is 0 Å². The van der Waals surface area contributed by atoms with E-state index in [0.717, 1.165) is 30.5 Å². The molecule has 1 fully saturated rings. The predicted molar refractivity (Wildman–Crippen MR) is 81.5 cm³/mol. The van der Waals surface area contributed by atoms with Crippen LogP contribution in [-0.4, -0.2) is 32.2 Å². The van der Waals surface area contributed by atoms with Crippen LogP contribution >= 0.6 is 15.9 Å². The Morgan fingerprint density at radius 3 is 3.05 bits per heavy atom. The summed E-state index contributed by atoms with van der Waals surface area (Å²) in [6.07, 6.45) is 1.12. The number of halogens is 1. The average molecular weight is 326 g/mol. The Morgan fingerprint density at radius 1 is 1.47 bits per heavy atom. The second-order valence-corrected chi connectivity index (χ2v) is 5.74. The smallest absolute Gasteiger partial charge is 0.314 e. The van der Waals surface area contributed by atoms with Crippen molar-refractivity contribution in [2.45, 2.75) is 13.3 Å². The van der Waals surface area contributed by atoms with Gasteiger partial charge in [0.15, 0.2) is 0 Å².